The van der Waals surface area contributed by atoms with Crippen LogP contribution in [-0.4, -0.2) is 14.5 Å². The molecule has 2 aromatic heterocycles. The summed E-state index contributed by atoms with van der Waals surface area (Å²) >= 11 is 0. The van der Waals surface area contributed by atoms with E-state index in [4.69, 9.17) is 0 Å². The van der Waals surface area contributed by atoms with Crippen molar-refractivity contribution < 1.29 is 5.11 Å². The number of nitrogens with one attached hydrogen (secondary N) is 1. The van der Waals surface area contributed by atoms with Crippen LogP contribution in [-0.2, 0) is 13.0 Å². The summed E-state index contributed by atoms with van der Waals surface area (Å²) in [5.74, 6) is 0.398. The number of aliphatic hydroxyl groups is 1. The number of aromatic nitrogens is 2. The molecule has 1 aliphatic rings. The van der Waals surface area contributed by atoms with Crippen molar-refractivity contribution in [2.75, 3.05) is 5.32 Å². The van der Waals surface area contributed by atoms with E-state index in [0.29, 0.717) is 11.5 Å². The highest BCUT2D eigenvalue weighted by Crippen LogP contribution is 2.25. The second kappa shape index (κ2) is 5.62. The molecule has 2 heterocycles. The highest BCUT2D eigenvalue weighted by atomic mass is 16.3. The molecule has 0 bridgehead atoms. The van der Waals surface area contributed by atoms with Crippen molar-refractivity contribution in [1.82, 2.24) is 9.38 Å². The van der Waals surface area contributed by atoms with Crippen molar-refractivity contribution in [3.8, 4) is 0 Å². The Hall–Kier alpha value is -2.92. The van der Waals surface area contributed by atoms with E-state index >= 15 is 0 Å². The van der Waals surface area contributed by atoms with E-state index in [-0.39, 0.29) is 17.7 Å². The molecule has 24 heavy (non-hydrogen) atoms. The Bertz CT molecular complexity index is 1030. The molecule has 1 aliphatic carbocycles. The van der Waals surface area contributed by atoms with E-state index in [9.17, 15) is 9.90 Å². The highest BCUT2D eigenvalue weighted by Gasteiger charge is 2.13. The lowest BCUT2D eigenvalue weighted by Crippen LogP contribution is -2.22. The minimum absolute atomic E-state index is 0.257. The third-order valence-electron chi connectivity index (χ3n) is 4.28. The first-order valence-electron chi connectivity index (χ1n) is 7.85. The summed E-state index contributed by atoms with van der Waals surface area (Å²) in [5, 5.41) is 12.8. The number of nitrogens with zero attached hydrogens (tertiary/aromatic N) is 2. The Kier molecular flexibility index (Phi) is 3.43. The Morgan fingerprint density at radius 2 is 2.17 bits per heavy atom. The van der Waals surface area contributed by atoms with Crippen LogP contribution in [0, 0.1) is 6.92 Å². The van der Waals surface area contributed by atoms with E-state index in [2.05, 4.69) is 28.5 Å². The summed E-state index contributed by atoms with van der Waals surface area (Å²) in [6.45, 7) is 1.59. The highest BCUT2D eigenvalue weighted by molar-refractivity contribution is 5.69. The minimum Gasteiger partial charge on any atom is -0.391 e. The largest absolute Gasteiger partial charge is 0.391 e. The zero-order valence-electron chi connectivity index (χ0n) is 13.3. The first-order chi connectivity index (χ1) is 11.7. The van der Waals surface area contributed by atoms with Crippen molar-refractivity contribution in [3.63, 3.8) is 0 Å². The van der Waals surface area contributed by atoms with E-state index in [1.165, 1.54) is 15.5 Å². The monoisotopic (exact) mass is 319 g/mol. The van der Waals surface area contributed by atoms with Crippen LogP contribution < -0.4 is 10.9 Å². The molecule has 4 rings (SSSR count). The summed E-state index contributed by atoms with van der Waals surface area (Å²) in [7, 11) is 0. The molecule has 5 nitrogen and oxygen atoms in total. The number of hydrogen-bond acceptors (Lipinski definition) is 4. The lowest BCUT2D eigenvalue weighted by Gasteiger charge is -2.12. The average molecular weight is 319 g/mol. The van der Waals surface area contributed by atoms with Crippen LogP contribution in [0.2, 0.25) is 0 Å². The number of fused-ring (bicyclic) bond motifs is 2. The molecular weight excluding hydrogens is 302 g/mol. The van der Waals surface area contributed by atoms with Crippen molar-refractivity contribution >= 4 is 23.2 Å². The van der Waals surface area contributed by atoms with Crippen LogP contribution in [0.5, 0.6) is 0 Å². The number of pyridine rings is 1. The predicted octanol–water partition coefficient (Wildman–Crippen LogP) is 2.81. The van der Waals surface area contributed by atoms with Gasteiger partial charge in [-0.1, -0.05) is 18.2 Å². The summed E-state index contributed by atoms with van der Waals surface area (Å²) in [5.41, 5.74) is 4.87. The van der Waals surface area contributed by atoms with Crippen LogP contribution in [0.15, 0.2) is 47.4 Å². The van der Waals surface area contributed by atoms with Gasteiger partial charge in [0.05, 0.1) is 12.2 Å². The van der Waals surface area contributed by atoms with E-state index < -0.39 is 0 Å². The Balaban J connectivity index is 1.83. The van der Waals surface area contributed by atoms with Crippen LogP contribution in [0.1, 0.15) is 22.3 Å². The van der Waals surface area contributed by atoms with Crippen LogP contribution >= 0.6 is 0 Å². The molecule has 0 radical (unpaired) electrons. The van der Waals surface area contributed by atoms with Gasteiger partial charge in [0.25, 0.3) is 5.56 Å². The molecule has 0 amide bonds. The maximum absolute atomic E-state index is 12.6. The van der Waals surface area contributed by atoms with Gasteiger partial charge in [-0.05, 0) is 54.3 Å². The summed E-state index contributed by atoms with van der Waals surface area (Å²) in [4.78, 5) is 17.1. The predicted molar refractivity (Wildman–Crippen MR) is 94.6 cm³/mol. The van der Waals surface area contributed by atoms with Gasteiger partial charge in [-0.15, -0.1) is 0 Å². The van der Waals surface area contributed by atoms with E-state index in [1.54, 1.807) is 6.20 Å². The second-order valence-electron chi connectivity index (χ2n) is 5.98. The Labute approximate surface area is 138 Å². The van der Waals surface area contributed by atoms with Crippen molar-refractivity contribution in [2.45, 2.75) is 20.0 Å². The zero-order chi connectivity index (χ0) is 16.7. The molecule has 5 heteroatoms. The fraction of sp³-hybridized carbons (Fsp3) is 0.158. The van der Waals surface area contributed by atoms with Gasteiger partial charge in [-0.25, -0.2) is 4.98 Å². The zero-order valence-corrected chi connectivity index (χ0v) is 13.3. The van der Waals surface area contributed by atoms with Gasteiger partial charge in [0.2, 0.25) is 0 Å². The Morgan fingerprint density at radius 3 is 3.00 bits per heavy atom. The van der Waals surface area contributed by atoms with Gasteiger partial charge in [0.15, 0.2) is 0 Å². The number of allylic oxidation sites excluding steroid dienone is 1. The Morgan fingerprint density at radius 1 is 1.29 bits per heavy atom. The standard InChI is InChI=1S/C19H17N3O2/c1-12-7-8-22-17(9-12)21-18(16(11-23)19(22)24)20-15-6-5-13-3-2-4-14(13)10-15/h2,4-10,20,23H,3,11H2,1H3. The summed E-state index contributed by atoms with van der Waals surface area (Å²) in [6.07, 6.45) is 6.84. The number of aryl methyl sites for hydroxylation is 1. The molecule has 1 aromatic carbocycles. The third-order valence-corrected chi connectivity index (χ3v) is 4.28. The quantitative estimate of drug-likeness (QED) is 0.779. The van der Waals surface area contributed by atoms with E-state index in [0.717, 1.165) is 17.7 Å². The number of benzene rings is 1. The maximum Gasteiger partial charge on any atom is 0.265 e. The molecule has 0 fully saturated rings. The molecule has 3 aromatic rings. The van der Waals surface area contributed by atoms with Gasteiger partial charge in [0.1, 0.15) is 11.5 Å². The first-order valence-corrected chi connectivity index (χ1v) is 7.85. The smallest absolute Gasteiger partial charge is 0.265 e. The van der Waals surface area contributed by atoms with Crippen molar-refractivity contribution in [3.05, 3.63) is 75.2 Å². The molecule has 0 saturated heterocycles. The molecule has 0 spiro atoms. The molecule has 0 atom stereocenters. The van der Waals surface area contributed by atoms with Gasteiger partial charge in [-0.2, -0.15) is 0 Å². The SMILES string of the molecule is Cc1ccn2c(=O)c(CO)c(Nc3ccc4c(c3)C=CC4)nc2c1. The van der Waals surface area contributed by atoms with Crippen LogP contribution in [0.4, 0.5) is 11.5 Å². The van der Waals surface area contributed by atoms with E-state index in [1.807, 2.05) is 31.2 Å². The average Bonchev–Trinajstić information content (AvgIpc) is 3.02. The fourth-order valence-corrected chi connectivity index (χ4v) is 2.99. The number of hydrogen-bond donors (Lipinski definition) is 2. The molecule has 0 saturated carbocycles. The maximum atomic E-state index is 12.6. The molecular formula is C19H17N3O2. The number of aliphatic hydroxyl groups excluding tert-OH is 1. The van der Waals surface area contributed by atoms with Crippen LogP contribution in [0.25, 0.3) is 11.7 Å². The van der Waals surface area contributed by atoms with Gasteiger partial charge >= 0.3 is 0 Å². The first kappa shape index (κ1) is 14.7. The molecule has 0 aliphatic heterocycles. The van der Waals surface area contributed by atoms with Gasteiger partial charge in [0, 0.05) is 11.9 Å². The topological polar surface area (TPSA) is 66.6 Å². The van der Waals surface area contributed by atoms with Gasteiger partial charge < -0.3 is 10.4 Å². The number of anilines is 2. The lowest BCUT2D eigenvalue weighted by molar-refractivity contribution is 0.280. The second-order valence-corrected chi connectivity index (χ2v) is 5.98. The van der Waals surface area contributed by atoms with Crippen molar-refractivity contribution in [2.24, 2.45) is 0 Å². The number of rotatable bonds is 3. The van der Waals surface area contributed by atoms with Crippen LogP contribution in [0.3, 0.4) is 0 Å². The third kappa shape index (κ3) is 2.39. The lowest BCUT2D eigenvalue weighted by atomic mass is 10.1. The molecule has 120 valence electrons. The van der Waals surface area contributed by atoms with Crippen molar-refractivity contribution in [1.29, 1.82) is 0 Å². The van der Waals surface area contributed by atoms with Gasteiger partial charge in [-0.3, -0.25) is 9.20 Å². The summed E-state index contributed by atoms with van der Waals surface area (Å²) < 4.78 is 1.45. The fourth-order valence-electron chi connectivity index (χ4n) is 2.99. The normalized spacial score (nSPS) is 12.6. The minimum atomic E-state index is -0.365. The molecule has 0 unspecified atom stereocenters. The molecule has 2 N–H and O–H groups in total. The summed E-state index contributed by atoms with van der Waals surface area (Å²) in [6, 6.07) is 9.75.